The molecule has 0 bridgehead atoms. The fourth-order valence-electron chi connectivity index (χ4n) is 3.22. The monoisotopic (exact) mass is 255 g/mol. The molecule has 0 aromatic heterocycles. The highest BCUT2D eigenvalue weighted by Crippen LogP contribution is 2.42. The molecule has 1 aliphatic carbocycles. The van der Waals surface area contributed by atoms with Gasteiger partial charge < -0.3 is 10.1 Å². The average molecular weight is 255 g/mol. The lowest BCUT2D eigenvalue weighted by molar-refractivity contribution is -0.143. The van der Waals surface area contributed by atoms with Crippen LogP contribution in [0.5, 0.6) is 0 Å². The van der Waals surface area contributed by atoms with Crippen molar-refractivity contribution in [1.29, 1.82) is 0 Å². The molecule has 0 aliphatic heterocycles. The maximum absolute atomic E-state index is 11.2. The smallest absolute Gasteiger partial charge is 0.307 e. The van der Waals surface area contributed by atoms with Gasteiger partial charge in [-0.05, 0) is 37.5 Å². The molecule has 1 fully saturated rings. The third-order valence-electron chi connectivity index (χ3n) is 3.82. The second-order valence-corrected chi connectivity index (χ2v) is 6.04. The van der Waals surface area contributed by atoms with Crippen molar-refractivity contribution in [3.8, 4) is 0 Å². The van der Waals surface area contributed by atoms with Crippen LogP contribution in [0.3, 0.4) is 0 Å². The Morgan fingerprint density at radius 1 is 1.33 bits per heavy atom. The van der Waals surface area contributed by atoms with Gasteiger partial charge >= 0.3 is 5.97 Å². The zero-order chi connectivity index (χ0) is 13.4. The van der Waals surface area contributed by atoms with Gasteiger partial charge in [0.05, 0.1) is 13.0 Å². The second-order valence-electron chi connectivity index (χ2n) is 6.04. The quantitative estimate of drug-likeness (QED) is 0.535. The Morgan fingerprint density at radius 2 is 2.00 bits per heavy atom. The fourth-order valence-corrected chi connectivity index (χ4v) is 3.22. The Hall–Kier alpha value is -0.570. The van der Waals surface area contributed by atoms with E-state index in [1.54, 1.807) is 0 Å². The molecular weight excluding hydrogens is 226 g/mol. The number of hydrogen-bond acceptors (Lipinski definition) is 3. The summed E-state index contributed by atoms with van der Waals surface area (Å²) in [6.07, 6.45) is 7.22. The van der Waals surface area contributed by atoms with Crippen LogP contribution in [0, 0.1) is 11.3 Å². The molecule has 0 amide bonds. The van der Waals surface area contributed by atoms with Crippen LogP contribution in [0.25, 0.3) is 0 Å². The number of carbonyl (C=O) groups is 1. The van der Waals surface area contributed by atoms with Crippen molar-refractivity contribution in [3.63, 3.8) is 0 Å². The van der Waals surface area contributed by atoms with Gasteiger partial charge in [0, 0.05) is 13.1 Å². The number of rotatable bonds is 8. The lowest BCUT2D eigenvalue weighted by Gasteiger charge is -2.31. The van der Waals surface area contributed by atoms with Crippen LogP contribution in [-0.2, 0) is 9.53 Å². The molecule has 1 saturated carbocycles. The third-order valence-corrected chi connectivity index (χ3v) is 3.82. The SMILES string of the molecule is CCOC(=O)CCNCC1(CC(C)C)CCCC1. The summed E-state index contributed by atoms with van der Waals surface area (Å²) in [5, 5.41) is 3.46. The van der Waals surface area contributed by atoms with Crippen LogP contribution < -0.4 is 5.32 Å². The molecule has 0 unspecified atom stereocenters. The number of ether oxygens (including phenoxy) is 1. The van der Waals surface area contributed by atoms with Crippen molar-refractivity contribution in [2.75, 3.05) is 19.7 Å². The van der Waals surface area contributed by atoms with Crippen LogP contribution in [0.15, 0.2) is 0 Å². The molecular formula is C15H29NO2. The van der Waals surface area contributed by atoms with Crippen LogP contribution >= 0.6 is 0 Å². The molecule has 1 N–H and O–H groups in total. The number of carbonyl (C=O) groups excluding carboxylic acids is 1. The topological polar surface area (TPSA) is 38.3 Å². The standard InChI is InChI=1S/C15H29NO2/c1-4-18-14(17)7-10-16-12-15(11-13(2)3)8-5-6-9-15/h13,16H,4-12H2,1-3H3. The molecule has 0 aromatic carbocycles. The van der Waals surface area contributed by atoms with E-state index in [9.17, 15) is 4.79 Å². The van der Waals surface area contributed by atoms with E-state index in [-0.39, 0.29) is 5.97 Å². The molecule has 0 aromatic rings. The van der Waals surface area contributed by atoms with Crippen molar-refractivity contribution in [2.45, 2.75) is 59.3 Å². The van der Waals surface area contributed by atoms with Crippen molar-refractivity contribution in [1.82, 2.24) is 5.32 Å². The largest absolute Gasteiger partial charge is 0.466 e. The molecule has 1 rings (SSSR count). The van der Waals surface area contributed by atoms with Crippen LogP contribution in [0.1, 0.15) is 59.3 Å². The second kappa shape index (κ2) is 7.78. The van der Waals surface area contributed by atoms with E-state index >= 15 is 0 Å². The molecule has 0 radical (unpaired) electrons. The molecule has 1 aliphatic rings. The maximum atomic E-state index is 11.2. The van der Waals surface area contributed by atoms with E-state index in [4.69, 9.17) is 4.74 Å². The first-order valence-corrected chi connectivity index (χ1v) is 7.44. The lowest BCUT2D eigenvalue weighted by atomic mass is 9.78. The molecule has 0 atom stereocenters. The molecule has 0 spiro atoms. The van der Waals surface area contributed by atoms with Crippen molar-refractivity contribution >= 4 is 5.97 Å². The number of hydrogen-bond donors (Lipinski definition) is 1. The van der Waals surface area contributed by atoms with Gasteiger partial charge in [0.15, 0.2) is 0 Å². The predicted octanol–water partition coefficient (Wildman–Crippen LogP) is 3.14. The first kappa shape index (κ1) is 15.5. The summed E-state index contributed by atoms with van der Waals surface area (Å²) in [4.78, 5) is 11.2. The van der Waals surface area contributed by atoms with Gasteiger partial charge in [-0.25, -0.2) is 0 Å². The summed E-state index contributed by atoms with van der Waals surface area (Å²) in [6, 6.07) is 0. The Kier molecular flexibility index (Phi) is 6.69. The first-order valence-electron chi connectivity index (χ1n) is 7.44. The van der Waals surface area contributed by atoms with Crippen LogP contribution in [-0.4, -0.2) is 25.7 Å². The minimum atomic E-state index is -0.0886. The molecule has 0 heterocycles. The molecule has 3 heteroatoms. The molecule has 0 saturated heterocycles. The fraction of sp³-hybridized carbons (Fsp3) is 0.933. The minimum Gasteiger partial charge on any atom is -0.466 e. The zero-order valence-electron chi connectivity index (χ0n) is 12.3. The Labute approximate surface area is 112 Å². The Morgan fingerprint density at radius 3 is 2.56 bits per heavy atom. The Balaban J connectivity index is 2.24. The first-order chi connectivity index (χ1) is 8.58. The van der Waals surface area contributed by atoms with E-state index in [1.165, 1.54) is 32.1 Å². The lowest BCUT2D eigenvalue weighted by Crippen LogP contribution is -2.34. The highest BCUT2D eigenvalue weighted by Gasteiger charge is 2.33. The Bertz CT molecular complexity index is 245. The molecule has 3 nitrogen and oxygen atoms in total. The normalized spacial score (nSPS) is 18.2. The zero-order valence-corrected chi connectivity index (χ0v) is 12.3. The van der Waals surface area contributed by atoms with E-state index in [2.05, 4.69) is 19.2 Å². The van der Waals surface area contributed by atoms with E-state index in [0.717, 1.165) is 19.0 Å². The summed E-state index contributed by atoms with van der Waals surface area (Å²) in [5.41, 5.74) is 0.489. The van der Waals surface area contributed by atoms with Crippen LogP contribution in [0.4, 0.5) is 0 Å². The van der Waals surface area contributed by atoms with Gasteiger partial charge in [-0.2, -0.15) is 0 Å². The highest BCUT2D eigenvalue weighted by molar-refractivity contribution is 5.69. The van der Waals surface area contributed by atoms with Gasteiger partial charge in [-0.1, -0.05) is 26.7 Å². The van der Waals surface area contributed by atoms with Gasteiger partial charge in [0.2, 0.25) is 0 Å². The van der Waals surface area contributed by atoms with E-state index < -0.39 is 0 Å². The van der Waals surface area contributed by atoms with Crippen molar-refractivity contribution in [2.24, 2.45) is 11.3 Å². The predicted molar refractivity (Wildman–Crippen MR) is 74.5 cm³/mol. The van der Waals surface area contributed by atoms with Gasteiger partial charge in [-0.15, -0.1) is 0 Å². The third kappa shape index (κ3) is 5.38. The summed E-state index contributed by atoms with van der Waals surface area (Å²) in [6.45, 7) is 8.75. The van der Waals surface area contributed by atoms with Crippen molar-refractivity contribution < 1.29 is 9.53 Å². The molecule has 106 valence electrons. The van der Waals surface area contributed by atoms with Gasteiger partial charge in [-0.3, -0.25) is 4.79 Å². The maximum Gasteiger partial charge on any atom is 0.307 e. The van der Waals surface area contributed by atoms with E-state index in [1.807, 2.05) is 6.92 Å². The summed E-state index contributed by atoms with van der Waals surface area (Å²) >= 11 is 0. The summed E-state index contributed by atoms with van der Waals surface area (Å²) in [5.74, 6) is 0.671. The van der Waals surface area contributed by atoms with E-state index in [0.29, 0.717) is 18.4 Å². The summed E-state index contributed by atoms with van der Waals surface area (Å²) in [7, 11) is 0. The highest BCUT2D eigenvalue weighted by atomic mass is 16.5. The molecule has 18 heavy (non-hydrogen) atoms. The van der Waals surface area contributed by atoms with Gasteiger partial charge in [0.1, 0.15) is 0 Å². The van der Waals surface area contributed by atoms with Gasteiger partial charge in [0.25, 0.3) is 0 Å². The van der Waals surface area contributed by atoms with Crippen molar-refractivity contribution in [3.05, 3.63) is 0 Å². The average Bonchev–Trinajstić information content (AvgIpc) is 2.73. The number of esters is 1. The summed E-state index contributed by atoms with van der Waals surface area (Å²) < 4.78 is 4.92. The minimum absolute atomic E-state index is 0.0886. The van der Waals surface area contributed by atoms with Crippen LogP contribution in [0.2, 0.25) is 0 Å². The number of nitrogens with one attached hydrogen (secondary N) is 1.